The molecule has 0 spiro atoms. The summed E-state index contributed by atoms with van der Waals surface area (Å²) in [6.07, 6.45) is 0.462. The molecule has 0 bridgehead atoms. The smallest absolute Gasteiger partial charge is 0.133 e. The van der Waals surface area contributed by atoms with E-state index >= 15 is 0 Å². The van der Waals surface area contributed by atoms with Crippen molar-refractivity contribution in [1.29, 1.82) is 0 Å². The molecular weight excluding hydrogens is 234 g/mol. The van der Waals surface area contributed by atoms with E-state index in [1.54, 1.807) is 18.7 Å². The molecule has 0 radical (unpaired) electrons. The van der Waals surface area contributed by atoms with E-state index in [1.165, 1.54) is 0 Å². The molecule has 4 nitrogen and oxygen atoms in total. The Morgan fingerprint density at radius 3 is 2.47 bits per heavy atom. The van der Waals surface area contributed by atoms with Gasteiger partial charge in [-0.2, -0.15) is 0 Å². The highest BCUT2D eigenvalue weighted by Crippen LogP contribution is 2.29. The number of aryl methyl sites for hydroxylation is 1. The summed E-state index contributed by atoms with van der Waals surface area (Å²) >= 11 is 1.60. The Hall–Kier alpha value is -0.810. The monoisotopic (exact) mass is 255 g/mol. The predicted octanol–water partition coefficient (Wildman–Crippen LogP) is 2.25. The maximum Gasteiger partial charge on any atom is 0.133 e. The van der Waals surface area contributed by atoms with E-state index in [1.807, 2.05) is 27.8 Å². The summed E-state index contributed by atoms with van der Waals surface area (Å²) in [7, 11) is 1.86. The van der Waals surface area contributed by atoms with Crippen LogP contribution in [0.1, 0.15) is 32.2 Å². The zero-order chi connectivity index (χ0) is 13.0. The number of aliphatic hydroxyl groups excluding tert-OH is 1. The van der Waals surface area contributed by atoms with Crippen LogP contribution in [-0.2, 0) is 6.42 Å². The molecule has 2 N–H and O–H groups in total. The molecule has 0 aromatic carbocycles. The van der Waals surface area contributed by atoms with Crippen LogP contribution >= 0.6 is 11.8 Å². The zero-order valence-corrected chi connectivity index (χ0v) is 11.9. The van der Waals surface area contributed by atoms with Gasteiger partial charge in [-0.3, -0.25) is 0 Å². The first-order chi connectivity index (χ1) is 7.99. The van der Waals surface area contributed by atoms with Crippen LogP contribution in [0.3, 0.4) is 0 Å². The average Bonchev–Trinajstić information content (AvgIpc) is 2.31. The molecule has 0 fully saturated rings. The minimum Gasteiger partial charge on any atom is -0.392 e. The second-order valence-corrected chi connectivity index (χ2v) is 5.45. The molecule has 1 aromatic heterocycles. The van der Waals surface area contributed by atoms with Crippen molar-refractivity contribution in [2.75, 3.05) is 12.4 Å². The highest BCUT2D eigenvalue weighted by atomic mass is 32.2. The van der Waals surface area contributed by atoms with Crippen molar-refractivity contribution in [2.45, 2.75) is 50.5 Å². The minimum absolute atomic E-state index is 0.123. The lowest BCUT2D eigenvalue weighted by molar-refractivity contribution is 0.196. The summed E-state index contributed by atoms with van der Waals surface area (Å²) in [6, 6.07) is 0. The molecule has 2 unspecified atom stereocenters. The van der Waals surface area contributed by atoms with Crippen LogP contribution in [0, 0.1) is 6.92 Å². The van der Waals surface area contributed by atoms with Crippen LogP contribution in [0.5, 0.6) is 0 Å². The van der Waals surface area contributed by atoms with Gasteiger partial charge in [0, 0.05) is 24.3 Å². The van der Waals surface area contributed by atoms with Crippen LogP contribution < -0.4 is 5.32 Å². The van der Waals surface area contributed by atoms with Crippen molar-refractivity contribution in [2.24, 2.45) is 0 Å². The van der Waals surface area contributed by atoms with E-state index in [0.717, 1.165) is 28.7 Å². The van der Waals surface area contributed by atoms with E-state index in [2.05, 4.69) is 15.3 Å². The Morgan fingerprint density at radius 2 is 2.00 bits per heavy atom. The van der Waals surface area contributed by atoms with E-state index in [9.17, 15) is 5.11 Å². The van der Waals surface area contributed by atoms with Crippen LogP contribution in [0.2, 0.25) is 0 Å². The summed E-state index contributed by atoms with van der Waals surface area (Å²) in [5.74, 6) is 1.71. The fraction of sp³-hybridized carbons (Fsp3) is 0.667. The van der Waals surface area contributed by atoms with Gasteiger partial charge in [0.2, 0.25) is 0 Å². The maximum atomic E-state index is 9.55. The Morgan fingerprint density at radius 1 is 1.35 bits per heavy atom. The lowest BCUT2D eigenvalue weighted by Gasteiger charge is -2.16. The molecule has 0 saturated heterocycles. The molecule has 1 aromatic rings. The SMILES string of the molecule is CCc1nc(NC)c(C)c(SC(C)C(C)O)n1. The van der Waals surface area contributed by atoms with Crippen LogP contribution in [0.25, 0.3) is 0 Å². The maximum absolute atomic E-state index is 9.55. The summed E-state index contributed by atoms with van der Waals surface area (Å²) in [5, 5.41) is 13.7. The van der Waals surface area contributed by atoms with Crippen LogP contribution in [0.4, 0.5) is 5.82 Å². The molecule has 1 heterocycles. The van der Waals surface area contributed by atoms with Gasteiger partial charge in [-0.05, 0) is 13.8 Å². The number of nitrogens with zero attached hydrogens (tertiary/aromatic N) is 2. The number of aromatic nitrogens is 2. The summed E-state index contributed by atoms with van der Waals surface area (Å²) in [4.78, 5) is 8.95. The molecule has 1 rings (SSSR count). The lowest BCUT2D eigenvalue weighted by atomic mass is 10.3. The number of hydrogen-bond donors (Lipinski definition) is 2. The van der Waals surface area contributed by atoms with Gasteiger partial charge in [0.15, 0.2) is 0 Å². The van der Waals surface area contributed by atoms with Gasteiger partial charge < -0.3 is 10.4 Å². The molecule has 0 aliphatic rings. The number of hydrogen-bond acceptors (Lipinski definition) is 5. The van der Waals surface area contributed by atoms with Gasteiger partial charge in [-0.25, -0.2) is 9.97 Å². The Balaban J connectivity index is 3.05. The second kappa shape index (κ2) is 6.21. The predicted molar refractivity (Wildman–Crippen MR) is 72.7 cm³/mol. The van der Waals surface area contributed by atoms with E-state index in [4.69, 9.17) is 0 Å². The van der Waals surface area contributed by atoms with E-state index < -0.39 is 0 Å². The quantitative estimate of drug-likeness (QED) is 0.624. The largest absolute Gasteiger partial charge is 0.392 e. The van der Waals surface area contributed by atoms with Crippen LogP contribution in [-0.4, -0.2) is 33.5 Å². The van der Waals surface area contributed by atoms with Crippen LogP contribution in [0.15, 0.2) is 5.03 Å². The molecule has 96 valence electrons. The molecule has 0 aliphatic carbocycles. The fourth-order valence-corrected chi connectivity index (χ4v) is 2.31. The Labute approximate surface area is 107 Å². The molecule has 5 heteroatoms. The number of thioether (sulfide) groups is 1. The van der Waals surface area contributed by atoms with Crippen molar-refractivity contribution in [3.05, 3.63) is 11.4 Å². The van der Waals surface area contributed by atoms with Crippen molar-refractivity contribution < 1.29 is 5.11 Å². The first-order valence-corrected chi connectivity index (χ1v) is 6.77. The molecule has 0 amide bonds. The van der Waals surface area contributed by atoms with Crippen molar-refractivity contribution in [3.8, 4) is 0 Å². The zero-order valence-electron chi connectivity index (χ0n) is 11.1. The van der Waals surface area contributed by atoms with Gasteiger partial charge in [0.05, 0.1) is 6.10 Å². The lowest BCUT2D eigenvalue weighted by Crippen LogP contribution is -2.16. The number of nitrogens with one attached hydrogen (secondary N) is 1. The summed E-state index contributed by atoms with van der Waals surface area (Å²) in [5.41, 5.74) is 1.04. The molecule has 2 atom stereocenters. The third-order valence-electron chi connectivity index (χ3n) is 2.68. The van der Waals surface area contributed by atoms with E-state index in [-0.39, 0.29) is 11.4 Å². The third kappa shape index (κ3) is 3.57. The minimum atomic E-state index is -0.350. The van der Waals surface area contributed by atoms with Gasteiger partial charge in [0.1, 0.15) is 16.7 Å². The molecule has 17 heavy (non-hydrogen) atoms. The van der Waals surface area contributed by atoms with Gasteiger partial charge in [0.25, 0.3) is 0 Å². The highest BCUT2D eigenvalue weighted by molar-refractivity contribution is 7.99. The number of rotatable bonds is 5. The van der Waals surface area contributed by atoms with Crippen molar-refractivity contribution in [1.82, 2.24) is 9.97 Å². The summed E-state index contributed by atoms with van der Waals surface area (Å²) < 4.78 is 0. The van der Waals surface area contributed by atoms with Gasteiger partial charge in [-0.1, -0.05) is 13.8 Å². The first-order valence-electron chi connectivity index (χ1n) is 5.89. The number of aliphatic hydroxyl groups is 1. The second-order valence-electron chi connectivity index (χ2n) is 4.09. The topological polar surface area (TPSA) is 58.0 Å². The van der Waals surface area contributed by atoms with E-state index in [0.29, 0.717) is 0 Å². The third-order valence-corrected chi connectivity index (χ3v) is 4.06. The van der Waals surface area contributed by atoms with Gasteiger partial charge >= 0.3 is 0 Å². The van der Waals surface area contributed by atoms with Gasteiger partial charge in [-0.15, -0.1) is 11.8 Å². The summed E-state index contributed by atoms with van der Waals surface area (Å²) in [6.45, 7) is 7.84. The standard InChI is InChI=1S/C12H21N3OS/c1-6-10-14-11(13-5)7(2)12(15-10)17-9(4)8(3)16/h8-9,16H,6H2,1-5H3,(H,13,14,15). The fourth-order valence-electron chi connectivity index (χ4n) is 1.33. The van der Waals surface area contributed by atoms with Crippen molar-refractivity contribution >= 4 is 17.6 Å². The normalized spacial score (nSPS) is 14.5. The number of anilines is 1. The molecule has 0 aliphatic heterocycles. The molecule has 0 saturated carbocycles. The first kappa shape index (κ1) is 14.3. The Bertz CT molecular complexity index is 382. The Kier molecular flexibility index (Phi) is 5.21. The van der Waals surface area contributed by atoms with Crippen molar-refractivity contribution in [3.63, 3.8) is 0 Å². The molecular formula is C12H21N3OS. The highest BCUT2D eigenvalue weighted by Gasteiger charge is 2.16. The average molecular weight is 255 g/mol.